The Balaban J connectivity index is 2.15. The molecule has 3 aromatic rings. The monoisotopic (exact) mass is 429 g/mol. The number of halogens is 3. The Morgan fingerprint density at radius 3 is 2.72 bits per heavy atom. The van der Waals surface area contributed by atoms with Crippen LogP contribution < -0.4 is 11.1 Å². The number of carbonyl (C=O) groups is 2. The van der Waals surface area contributed by atoms with E-state index in [0.29, 0.717) is 15.4 Å². The number of nitrogens with two attached hydrogens (primary N) is 1. The summed E-state index contributed by atoms with van der Waals surface area (Å²) in [5.41, 5.74) is 5.69. The van der Waals surface area contributed by atoms with Gasteiger partial charge in [0, 0.05) is 5.39 Å². The van der Waals surface area contributed by atoms with E-state index < -0.39 is 23.9 Å². The summed E-state index contributed by atoms with van der Waals surface area (Å²) in [5.74, 6) is -1.36. The molecule has 0 spiro atoms. The second kappa shape index (κ2) is 6.48. The molecule has 0 aromatic carbocycles. The highest BCUT2D eigenvalue weighted by molar-refractivity contribution is 9.10. The van der Waals surface area contributed by atoms with E-state index in [1.165, 1.54) is 12.3 Å². The van der Waals surface area contributed by atoms with Gasteiger partial charge < -0.3 is 11.1 Å². The van der Waals surface area contributed by atoms with Crippen molar-refractivity contribution >= 4 is 55.0 Å². The van der Waals surface area contributed by atoms with Crippen molar-refractivity contribution in [1.29, 1.82) is 0 Å². The minimum absolute atomic E-state index is 0.0287. The lowest BCUT2D eigenvalue weighted by Crippen LogP contribution is -2.17. The molecule has 3 aromatic heterocycles. The maximum absolute atomic E-state index is 12.9. The van der Waals surface area contributed by atoms with Crippen LogP contribution in [-0.4, -0.2) is 27.0 Å². The van der Waals surface area contributed by atoms with Gasteiger partial charge in [-0.25, -0.2) is 13.8 Å². The molecule has 0 aliphatic carbocycles. The van der Waals surface area contributed by atoms with Crippen molar-refractivity contribution in [3.8, 4) is 0 Å². The molecule has 0 saturated carbocycles. The van der Waals surface area contributed by atoms with E-state index in [2.05, 4.69) is 36.4 Å². The van der Waals surface area contributed by atoms with Crippen molar-refractivity contribution in [2.24, 2.45) is 5.73 Å². The number of nitrogens with zero attached hydrogens (tertiary/aromatic N) is 2. The predicted molar refractivity (Wildman–Crippen MR) is 92.1 cm³/mol. The third-order valence-electron chi connectivity index (χ3n) is 3.39. The number of anilines is 1. The molecule has 2 amide bonds. The van der Waals surface area contributed by atoms with Crippen LogP contribution in [0.15, 0.2) is 16.7 Å². The van der Waals surface area contributed by atoms with E-state index >= 15 is 0 Å². The Morgan fingerprint density at radius 1 is 1.44 bits per heavy atom. The molecule has 3 rings (SSSR count). The first kappa shape index (κ1) is 17.4. The minimum Gasteiger partial charge on any atom is -0.365 e. The first-order valence-corrected chi connectivity index (χ1v) is 8.42. The molecule has 0 aliphatic rings. The molecule has 0 radical (unpaired) electrons. The highest BCUT2D eigenvalue weighted by Crippen LogP contribution is 2.38. The fraction of sp³-hybridized carbons (Fsp3) is 0.143. The third kappa shape index (κ3) is 3.12. The van der Waals surface area contributed by atoms with Crippen LogP contribution in [-0.2, 0) is 0 Å². The summed E-state index contributed by atoms with van der Waals surface area (Å²) in [6, 6.07) is 1.21. The molecular weight excluding hydrogens is 420 g/mol. The van der Waals surface area contributed by atoms with E-state index in [1.807, 2.05) is 0 Å². The molecule has 4 N–H and O–H groups in total. The maximum Gasteiger partial charge on any atom is 0.280 e. The van der Waals surface area contributed by atoms with Gasteiger partial charge in [-0.1, -0.05) is 0 Å². The first-order valence-electron chi connectivity index (χ1n) is 6.81. The Morgan fingerprint density at radius 2 is 2.16 bits per heavy atom. The average Bonchev–Trinajstić information content (AvgIpc) is 3.11. The summed E-state index contributed by atoms with van der Waals surface area (Å²) in [4.78, 5) is 28.2. The van der Waals surface area contributed by atoms with Gasteiger partial charge in [0.2, 0.25) is 0 Å². The van der Waals surface area contributed by atoms with Crippen molar-refractivity contribution in [2.45, 2.75) is 13.3 Å². The number of fused-ring (bicyclic) bond motifs is 1. The molecule has 0 fully saturated rings. The Bertz CT molecular complexity index is 1000. The van der Waals surface area contributed by atoms with Crippen LogP contribution in [0.1, 0.15) is 37.8 Å². The Labute approximate surface area is 151 Å². The van der Waals surface area contributed by atoms with Crippen molar-refractivity contribution < 1.29 is 18.4 Å². The first-order chi connectivity index (χ1) is 11.8. The molecule has 0 aliphatic heterocycles. The van der Waals surface area contributed by atoms with E-state index in [-0.39, 0.29) is 21.1 Å². The number of hydrogen-bond donors (Lipinski definition) is 3. The average molecular weight is 430 g/mol. The number of nitrogens with one attached hydrogen (secondary N) is 2. The Hall–Kier alpha value is -2.40. The number of rotatable bonds is 4. The lowest BCUT2D eigenvalue weighted by Gasteiger charge is -2.07. The van der Waals surface area contributed by atoms with E-state index in [0.717, 1.165) is 11.3 Å². The molecule has 11 heteroatoms. The number of aryl methyl sites for hydroxylation is 1. The standard InChI is InChI=1S/C14H10BrF2N5O2S/c1-4-2-6(11(16)17)20-14-7(4)9(10(25-14)12(18)23)21-13(24)8-5(15)3-19-22-8/h2-3,11H,1H3,(H2,18,23)(H,19,22)(H,21,24). The van der Waals surface area contributed by atoms with Crippen molar-refractivity contribution in [1.82, 2.24) is 15.2 Å². The van der Waals surface area contributed by atoms with Gasteiger partial charge in [0.1, 0.15) is 21.1 Å². The molecule has 0 saturated heterocycles. The molecule has 0 unspecified atom stereocenters. The van der Waals surface area contributed by atoms with Crippen molar-refractivity contribution in [3.63, 3.8) is 0 Å². The second-order valence-electron chi connectivity index (χ2n) is 5.06. The third-order valence-corrected chi connectivity index (χ3v) is 5.08. The number of aromatic nitrogens is 3. The highest BCUT2D eigenvalue weighted by atomic mass is 79.9. The molecule has 0 atom stereocenters. The van der Waals surface area contributed by atoms with E-state index in [1.54, 1.807) is 6.92 Å². The van der Waals surface area contributed by atoms with Gasteiger partial charge in [0.15, 0.2) is 0 Å². The summed E-state index contributed by atoms with van der Waals surface area (Å²) in [5, 5.41) is 9.22. The van der Waals surface area contributed by atoms with E-state index in [9.17, 15) is 18.4 Å². The number of pyridine rings is 1. The second-order valence-corrected chi connectivity index (χ2v) is 6.92. The molecule has 3 heterocycles. The lowest BCUT2D eigenvalue weighted by molar-refractivity contribution is 0.100. The number of primary amides is 1. The Kier molecular flexibility index (Phi) is 4.52. The topological polar surface area (TPSA) is 114 Å². The minimum atomic E-state index is -2.75. The van der Waals surface area contributed by atoms with Crippen molar-refractivity contribution in [3.05, 3.63) is 38.6 Å². The molecule has 0 bridgehead atoms. The summed E-state index contributed by atoms with van der Waals surface area (Å²) >= 11 is 4.02. The quantitative estimate of drug-likeness (QED) is 0.589. The van der Waals surface area contributed by atoms with Crippen LogP contribution >= 0.6 is 27.3 Å². The number of amides is 2. The molecular formula is C14H10BrF2N5O2S. The van der Waals surface area contributed by atoms with Crippen LogP contribution in [0, 0.1) is 6.92 Å². The summed E-state index contributed by atoms with van der Waals surface area (Å²) in [7, 11) is 0. The van der Waals surface area contributed by atoms with Gasteiger partial charge in [0.25, 0.3) is 18.2 Å². The van der Waals surface area contributed by atoms with Crippen LogP contribution in [0.2, 0.25) is 0 Å². The number of hydrogen-bond acceptors (Lipinski definition) is 5. The number of H-pyrrole nitrogens is 1. The highest BCUT2D eigenvalue weighted by Gasteiger charge is 2.24. The molecule has 130 valence electrons. The van der Waals surface area contributed by atoms with Gasteiger partial charge in [0.05, 0.1) is 16.4 Å². The number of carbonyl (C=O) groups excluding carboxylic acids is 2. The summed E-state index contributed by atoms with van der Waals surface area (Å²) < 4.78 is 26.3. The molecule has 25 heavy (non-hydrogen) atoms. The van der Waals surface area contributed by atoms with Crippen LogP contribution in [0.25, 0.3) is 10.2 Å². The number of aromatic amines is 1. The maximum atomic E-state index is 12.9. The summed E-state index contributed by atoms with van der Waals surface area (Å²) in [6.45, 7) is 1.59. The number of alkyl halides is 2. The largest absolute Gasteiger partial charge is 0.365 e. The fourth-order valence-corrected chi connectivity index (χ4v) is 3.75. The predicted octanol–water partition coefficient (Wildman–Crippen LogP) is 3.38. The van der Waals surface area contributed by atoms with Gasteiger partial charge in [-0.15, -0.1) is 11.3 Å². The zero-order chi connectivity index (χ0) is 18.3. The van der Waals surface area contributed by atoms with Gasteiger partial charge in [-0.3, -0.25) is 14.7 Å². The summed E-state index contributed by atoms with van der Waals surface area (Å²) in [6.07, 6.45) is -1.35. The smallest absolute Gasteiger partial charge is 0.280 e. The van der Waals surface area contributed by atoms with E-state index in [4.69, 9.17) is 5.73 Å². The SMILES string of the molecule is Cc1cc(C(F)F)nc2sc(C(N)=O)c(NC(=O)c3[nH]ncc3Br)c12. The van der Waals surface area contributed by atoms with Crippen LogP contribution in [0.3, 0.4) is 0 Å². The van der Waals surface area contributed by atoms with Gasteiger partial charge in [-0.05, 0) is 34.5 Å². The zero-order valence-electron chi connectivity index (χ0n) is 12.6. The van der Waals surface area contributed by atoms with Crippen molar-refractivity contribution in [2.75, 3.05) is 5.32 Å². The molecule has 7 nitrogen and oxygen atoms in total. The zero-order valence-corrected chi connectivity index (χ0v) is 15.0. The van der Waals surface area contributed by atoms with Crippen LogP contribution in [0.5, 0.6) is 0 Å². The fourth-order valence-electron chi connectivity index (χ4n) is 2.32. The number of thiophene rings is 1. The normalized spacial score (nSPS) is 11.2. The lowest BCUT2D eigenvalue weighted by atomic mass is 10.1. The van der Waals surface area contributed by atoms with Gasteiger partial charge >= 0.3 is 0 Å². The van der Waals surface area contributed by atoms with Crippen LogP contribution in [0.4, 0.5) is 14.5 Å². The van der Waals surface area contributed by atoms with Gasteiger partial charge in [-0.2, -0.15) is 5.10 Å².